The molecule has 0 heterocycles. The van der Waals surface area contributed by atoms with Crippen LogP contribution in [0.2, 0.25) is 0 Å². The number of unbranched alkanes of at least 4 members (excludes halogenated alkanes) is 28. The van der Waals surface area contributed by atoms with Gasteiger partial charge in [-0.1, -0.05) is 258 Å². The van der Waals surface area contributed by atoms with E-state index in [1.165, 1.54) is 229 Å². The topological polar surface area (TPSA) is 55.4 Å². The van der Waals surface area contributed by atoms with Crippen LogP contribution in [0.4, 0.5) is 0 Å². The normalized spacial score (nSPS) is 19.1. The Morgan fingerprint density at radius 1 is 0.360 bits per heavy atom. The van der Waals surface area contributed by atoms with E-state index in [2.05, 4.69) is 90.1 Å². The van der Waals surface area contributed by atoms with Gasteiger partial charge in [0.15, 0.2) is 0 Å². The van der Waals surface area contributed by atoms with Crippen molar-refractivity contribution >= 4 is 17.2 Å². The number of rotatable bonds is 48. The first-order valence-electron chi connectivity index (χ1n) is 32.6. The fourth-order valence-corrected chi connectivity index (χ4v) is 14.4. The van der Waals surface area contributed by atoms with Crippen LogP contribution in [-0.4, -0.2) is 25.4 Å². The van der Waals surface area contributed by atoms with E-state index in [0.717, 1.165) is 62.9 Å². The van der Waals surface area contributed by atoms with Gasteiger partial charge in [-0.2, -0.15) is 0 Å². The summed E-state index contributed by atoms with van der Waals surface area (Å²) in [5, 5.41) is 0. The standard InChI is InChI=1S/C67H118O6P2/c1-7-11-15-19-23-27-31-35-43-59-45-37-39-47-65(59)72-74(68-57-41-33-29-25-21-17-13-9-3)70-63-53-49-61(50-54-63)67(5,6)62-51-55-64(56-52-62)71-75(69-58-42-34-30-26-22-18-14-10-4)73-66-48-40-38-46-60(66)44-36-32-28-24-20-16-12-8-2/h37-40,45-48,61-64H,7-36,41-44,49-58H2,1-6H3. The lowest BCUT2D eigenvalue weighted by Gasteiger charge is -2.46. The zero-order chi connectivity index (χ0) is 53.3. The molecule has 2 fully saturated rings. The molecule has 2 atom stereocenters. The maximum Gasteiger partial charge on any atom is 0.397 e. The second kappa shape index (κ2) is 43.5. The fraction of sp³-hybridized carbons (Fsp3) is 0.821. The van der Waals surface area contributed by atoms with Gasteiger partial charge < -0.3 is 18.1 Å². The fourth-order valence-electron chi connectivity index (χ4n) is 12.0. The summed E-state index contributed by atoms with van der Waals surface area (Å²) >= 11 is 0. The van der Waals surface area contributed by atoms with Crippen LogP contribution >= 0.6 is 17.2 Å². The Balaban J connectivity index is 1.28. The lowest BCUT2D eigenvalue weighted by Crippen LogP contribution is -2.39. The molecule has 2 aromatic rings. The average Bonchev–Trinajstić information content (AvgIpc) is 3.42. The van der Waals surface area contributed by atoms with Gasteiger partial charge in [0.1, 0.15) is 11.5 Å². The third-order valence-corrected chi connectivity index (χ3v) is 19.6. The molecule has 0 bridgehead atoms. The SMILES string of the molecule is CCCCCCCCCCOP(Oc1ccccc1CCCCCCCCCC)OC1CCC(C(C)(C)C2CCC(OP(OCCCCCCCCCC)Oc3ccccc3CCCCCCCCCC)CC2)CC1. The molecule has 0 amide bonds. The monoisotopic (exact) mass is 1080 g/mol. The van der Waals surface area contributed by atoms with Crippen molar-refractivity contribution in [3.8, 4) is 11.5 Å². The Bertz CT molecular complexity index is 1490. The highest BCUT2D eigenvalue weighted by molar-refractivity contribution is 7.42. The number of hydrogen-bond acceptors (Lipinski definition) is 6. The summed E-state index contributed by atoms with van der Waals surface area (Å²) in [6.45, 7) is 15.8. The van der Waals surface area contributed by atoms with Crippen molar-refractivity contribution in [2.45, 2.75) is 323 Å². The van der Waals surface area contributed by atoms with Crippen LogP contribution < -0.4 is 9.05 Å². The quantitative estimate of drug-likeness (QED) is 0.0486. The maximum atomic E-state index is 6.91. The molecule has 2 aromatic carbocycles. The number of hydrogen-bond donors (Lipinski definition) is 0. The number of aryl methyl sites for hydroxylation is 2. The van der Waals surface area contributed by atoms with Crippen LogP contribution in [0.1, 0.15) is 310 Å². The summed E-state index contributed by atoms with van der Waals surface area (Å²) in [5.74, 6) is 3.30. The molecule has 75 heavy (non-hydrogen) atoms. The molecule has 0 aliphatic heterocycles. The molecule has 8 heteroatoms. The highest BCUT2D eigenvalue weighted by Gasteiger charge is 2.42. The van der Waals surface area contributed by atoms with Crippen LogP contribution in [0.5, 0.6) is 11.5 Å². The van der Waals surface area contributed by atoms with Crippen LogP contribution in [0, 0.1) is 17.3 Å². The number of benzene rings is 2. The predicted molar refractivity (Wildman–Crippen MR) is 325 cm³/mol. The van der Waals surface area contributed by atoms with Gasteiger partial charge in [0.25, 0.3) is 0 Å². The Kier molecular flexibility index (Phi) is 38.5. The van der Waals surface area contributed by atoms with Crippen molar-refractivity contribution < 1.29 is 27.1 Å². The molecule has 0 spiro atoms. The van der Waals surface area contributed by atoms with Crippen LogP contribution in [0.15, 0.2) is 48.5 Å². The first-order chi connectivity index (χ1) is 36.9. The molecule has 2 saturated carbocycles. The Morgan fingerprint density at radius 3 is 0.960 bits per heavy atom. The third kappa shape index (κ3) is 29.7. The zero-order valence-electron chi connectivity index (χ0n) is 49.9. The molecule has 432 valence electrons. The minimum Gasteiger partial charge on any atom is -0.426 e. The van der Waals surface area contributed by atoms with Crippen molar-refractivity contribution in [3.63, 3.8) is 0 Å². The van der Waals surface area contributed by atoms with Crippen molar-refractivity contribution in [2.24, 2.45) is 17.3 Å². The van der Waals surface area contributed by atoms with Gasteiger partial charge in [0, 0.05) is 0 Å². The molecule has 2 unspecified atom stereocenters. The lowest BCUT2D eigenvalue weighted by atomic mass is 9.60. The van der Waals surface area contributed by atoms with Gasteiger partial charge in [-0.15, -0.1) is 0 Å². The summed E-state index contributed by atoms with van der Waals surface area (Å²) in [6.07, 6.45) is 53.5. The van der Waals surface area contributed by atoms with E-state index in [9.17, 15) is 0 Å². The second-order valence-electron chi connectivity index (χ2n) is 23.9. The highest BCUT2D eigenvalue weighted by Crippen LogP contribution is 2.53. The summed E-state index contributed by atoms with van der Waals surface area (Å²) in [4.78, 5) is 0. The first kappa shape index (κ1) is 66.3. The van der Waals surface area contributed by atoms with Crippen LogP contribution in [0.3, 0.4) is 0 Å². The smallest absolute Gasteiger partial charge is 0.397 e. The van der Waals surface area contributed by atoms with Crippen molar-refractivity contribution in [2.75, 3.05) is 13.2 Å². The molecular weight excluding hydrogens is 963 g/mol. The summed E-state index contributed by atoms with van der Waals surface area (Å²) in [7, 11) is -2.95. The van der Waals surface area contributed by atoms with Crippen molar-refractivity contribution in [3.05, 3.63) is 59.7 Å². The Hall–Kier alpha value is -1.26. The highest BCUT2D eigenvalue weighted by atomic mass is 31.2. The van der Waals surface area contributed by atoms with E-state index >= 15 is 0 Å². The summed E-state index contributed by atoms with van der Waals surface area (Å²) in [5.41, 5.74) is 2.86. The van der Waals surface area contributed by atoms with Gasteiger partial charge in [-0.25, -0.2) is 0 Å². The van der Waals surface area contributed by atoms with Crippen molar-refractivity contribution in [1.29, 1.82) is 0 Å². The Morgan fingerprint density at radius 2 is 0.640 bits per heavy atom. The molecular formula is C67H118O6P2. The van der Waals surface area contributed by atoms with Crippen LogP contribution in [-0.2, 0) is 30.9 Å². The average molecular weight is 1080 g/mol. The van der Waals surface area contributed by atoms with Gasteiger partial charge in [-0.05, 0) is 130 Å². The molecule has 0 aromatic heterocycles. The van der Waals surface area contributed by atoms with E-state index in [1.54, 1.807) is 0 Å². The Labute approximate surface area is 467 Å². The molecule has 0 saturated heterocycles. The minimum atomic E-state index is -1.47. The van der Waals surface area contributed by atoms with E-state index in [4.69, 9.17) is 27.1 Å². The minimum absolute atomic E-state index is 0.182. The zero-order valence-corrected chi connectivity index (χ0v) is 51.7. The van der Waals surface area contributed by atoms with Gasteiger partial charge in [0.2, 0.25) is 0 Å². The molecule has 0 radical (unpaired) electrons. The van der Waals surface area contributed by atoms with Gasteiger partial charge in [-0.3, -0.25) is 9.05 Å². The van der Waals surface area contributed by atoms with Gasteiger partial charge >= 0.3 is 17.2 Å². The van der Waals surface area contributed by atoms with Gasteiger partial charge in [0.05, 0.1) is 25.4 Å². The van der Waals surface area contributed by atoms with Crippen molar-refractivity contribution in [1.82, 2.24) is 0 Å². The second-order valence-corrected chi connectivity index (χ2v) is 26.1. The molecule has 4 rings (SSSR count). The predicted octanol–water partition coefficient (Wildman–Crippen LogP) is 23.5. The molecule has 2 aliphatic carbocycles. The van der Waals surface area contributed by atoms with E-state index in [0.29, 0.717) is 25.0 Å². The first-order valence-corrected chi connectivity index (χ1v) is 34.8. The maximum absolute atomic E-state index is 6.91. The number of para-hydroxylation sites is 2. The molecule has 0 N–H and O–H groups in total. The molecule has 6 nitrogen and oxygen atoms in total. The summed E-state index contributed by atoms with van der Waals surface area (Å²) < 4.78 is 40.6. The van der Waals surface area contributed by atoms with E-state index < -0.39 is 17.2 Å². The summed E-state index contributed by atoms with van der Waals surface area (Å²) in [6, 6.07) is 17.4. The van der Waals surface area contributed by atoms with E-state index in [-0.39, 0.29) is 17.6 Å². The lowest BCUT2D eigenvalue weighted by molar-refractivity contribution is 0.00598. The van der Waals surface area contributed by atoms with E-state index in [1.807, 2.05) is 0 Å². The largest absolute Gasteiger partial charge is 0.426 e. The molecule has 2 aliphatic rings. The third-order valence-electron chi connectivity index (χ3n) is 17.2. The van der Waals surface area contributed by atoms with Crippen LogP contribution in [0.25, 0.3) is 0 Å².